The zero-order chi connectivity index (χ0) is 17.8. The van der Waals surface area contributed by atoms with E-state index in [0.29, 0.717) is 31.1 Å². The number of aryl methyl sites for hydroxylation is 1. The summed E-state index contributed by atoms with van der Waals surface area (Å²) in [7, 11) is 0. The third-order valence-electron chi connectivity index (χ3n) is 4.17. The SMILES string of the molecule is CCC(=O)N1CCC(NC(=O)Nc2cccc(-c3nc(C)co3)c2)C1. The van der Waals surface area contributed by atoms with Gasteiger partial charge in [0, 0.05) is 36.8 Å². The lowest BCUT2D eigenvalue weighted by molar-refractivity contribution is -0.129. The monoisotopic (exact) mass is 342 g/mol. The first-order valence-corrected chi connectivity index (χ1v) is 8.43. The van der Waals surface area contributed by atoms with Crippen LogP contribution < -0.4 is 10.6 Å². The molecule has 0 radical (unpaired) electrons. The number of nitrogens with zero attached hydrogens (tertiary/aromatic N) is 2. The molecule has 1 aliphatic rings. The molecule has 2 heterocycles. The van der Waals surface area contributed by atoms with Crippen molar-refractivity contribution in [3.05, 3.63) is 36.2 Å². The van der Waals surface area contributed by atoms with Crippen LogP contribution in [0.3, 0.4) is 0 Å². The maximum absolute atomic E-state index is 12.2. The van der Waals surface area contributed by atoms with Crippen molar-refractivity contribution in [2.75, 3.05) is 18.4 Å². The smallest absolute Gasteiger partial charge is 0.319 e. The highest BCUT2D eigenvalue weighted by Crippen LogP contribution is 2.22. The van der Waals surface area contributed by atoms with Crippen LogP contribution in [-0.2, 0) is 4.79 Å². The van der Waals surface area contributed by atoms with E-state index in [4.69, 9.17) is 4.42 Å². The molecular weight excluding hydrogens is 320 g/mol. The molecule has 1 unspecified atom stereocenters. The van der Waals surface area contributed by atoms with E-state index >= 15 is 0 Å². The Balaban J connectivity index is 1.58. The van der Waals surface area contributed by atoms with Crippen molar-refractivity contribution >= 4 is 17.6 Å². The van der Waals surface area contributed by atoms with E-state index in [1.54, 1.807) is 17.2 Å². The highest BCUT2D eigenvalue weighted by molar-refractivity contribution is 5.90. The number of anilines is 1. The van der Waals surface area contributed by atoms with E-state index in [2.05, 4.69) is 15.6 Å². The molecule has 1 saturated heterocycles. The van der Waals surface area contributed by atoms with Crippen molar-refractivity contribution in [2.24, 2.45) is 0 Å². The van der Waals surface area contributed by atoms with Crippen LogP contribution in [0.1, 0.15) is 25.5 Å². The lowest BCUT2D eigenvalue weighted by Crippen LogP contribution is -2.40. The number of hydrogen-bond donors (Lipinski definition) is 2. The van der Waals surface area contributed by atoms with E-state index in [0.717, 1.165) is 17.7 Å². The van der Waals surface area contributed by atoms with Gasteiger partial charge in [-0.2, -0.15) is 0 Å². The lowest BCUT2D eigenvalue weighted by atomic mass is 10.2. The van der Waals surface area contributed by atoms with Crippen molar-refractivity contribution in [1.82, 2.24) is 15.2 Å². The van der Waals surface area contributed by atoms with Crippen molar-refractivity contribution in [3.63, 3.8) is 0 Å². The minimum Gasteiger partial charge on any atom is -0.444 e. The Hall–Kier alpha value is -2.83. The zero-order valence-electron chi connectivity index (χ0n) is 14.4. The molecule has 1 fully saturated rings. The molecular formula is C18H22N4O3. The van der Waals surface area contributed by atoms with Gasteiger partial charge in [-0.15, -0.1) is 0 Å². The highest BCUT2D eigenvalue weighted by atomic mass is 16.3. The van der Waals surface area contributed by atoms with Gasteiger partial charge in [0.05, 0.1) is 5.69 Å². The standard InChI is InChI=1S/C18H22N4O3/c1-3-16(23)22-8-7-15(10-22)21-18(24)20-14-6-4-5-13(9-14)17-19-12(2)11-25-17/h4-6,9,11,15H,3,7-8,10H2,1-2H3,(H2,20,21,24). The quantitative estimate of drug-likeness (QED) is 0.894. The van der Waals surface area contributed by atoms with Crippen LogP contribution in [0.25, 0.3) is 11.5 Å². The van der Waals surface area contributed by atoms with Gasteiger partial charge in [-0.05, 0) is 31.5 Å². The van der Waals surface area contributed by atoms with Gasteiger partial charge in [-0.25, -0.2) is 9.78 Å². The summed E-state index contributed by atoms with van der Waals surface area (Å²) in [5.74, 6) is 0.643. The predicted octanol–water partition coefficient (Wildman–Crippen LogP) is 2.78. The number of aromatic nitrogens is 1. The fraction of sp³-hybridized carbons (Fsp3) is 0.389. The molecule has 2 aromatic rings. The third kappa shape index (κ3) is 4.17. The Morgan fingerprint density at radius 2 is 2.24 bits per heavy atom. The fourth-order valence-electron chi connectivity index (χ4n) is 2.90. The molecule has 1 atom stereocenters. The van der Waals surface area contributed by atoms with Crippen LogP contribution >= 0.6 is 0 Å². The summed E-state index contributed by atoms with van der Waals surface area (Å²) in [4.78, 5) is 30.0. The van der Waals surface area contributed by atoms with Crippen molar-refractivity contribution in [3.8, 4) is 11.5 Å². The maximum atomic E-state index is 12.2. The summed E-state index contributed by atoms with van der Waals surface area (Å²) in [6.45, 7) is 4.96. The van der Waals surface area contributed by atoms with Crippen LogP contribution in [-0.4, -0.2) is 41.0 Å². The van der Waals surface area contributed by atoms with Gasteiger partial charge in [-0.3, -0.25) is 4.79 Å². The molecule has 0 spiro atoms. The Kier molecular flexibility index (Phi) is 5.02. The Labute approximate surface area is 146 Å². The fourth-order valence-corrected chi connectivity index (χ4v) is 2.90. The number of likely N-dealkylation sites (tertiary alicyclic amines) is 1. The summed E-state index contributed by atoms with van der Waals surface area (Å²) in [6, 6.07) is 7.03. The number of carbonyl (C=O) groups excluding carboxylic acids is 2. The van der Waals surface area contributed by atoms with Crippen LogP contribution in [0.2, 0.25) is 0 Å². The van der Waals surface area contributed by atoms with E-state index in [1.807, 2.05) is 32.0 Å². The summed E-state index contributed by atoms with van der Waals surface area (Å²) >= 11 is 0. The average Bonchev–Trinajstić information content (AvgIpc) is 3.23. The first-order valence-electron chi connectivity index (χ1n) is 8.43. The van der Waals surface area contributed by atoms with Crippen LogP contribution in [0.5, 0.6) is 0 Å². The number of nitrogens with one attached hydrogen (secondary N) is 2. The van der Waals surface area contributed by atoms with Gasteiger partial charge >= 0.3 is 6.03 Å². The zero-order valence-corrected chi connectivity index (χ0v) is 14.4. The normalized spacial score (nSPS) is 16.7. The molecule has 132 valence electrons. The Morgan fingerprint density at radius 3 is 2.96 bits per heavy atom. The minimum absolute atomic E-state index is 0.0203. The topological polar surface area (TPSA) is 87.5 Å². The molecule has 0 bridgehead atoms. The van der Waals surface area contributed by atoms with Gasteiger partial charge in [-0.1, -0.05) is 13.0 Å². The number of urea groups is 1. The molecule has 2 N–H and O–H groups in total. The lowest BCUT2D eigenvalue weighted by Gasteiger charge is -2.16. The van der Waals surface area contributed by atoms with Crippen molar-refractivity contribution < 1.29 is 14.0 Å². The van der Waals surface area contributed by atoms with Gasteiger partial charge in [0.2, 0.25) is 11.8 Å². The number of carbonyl (C=O) groups is 2. The van der Waals surface area contributed by atoms with Crippen molar-refractivity contribution in [2.45, 2.75) is 32.7 Å². The average molecular weight is 342 g/mol. The molecule has 1 aliphatic heterocycles. The number of rotatable bonds is 4. The summed E-state index contributed by atoms with van der Waals surface area (Å²) in [6.07, 6.45) is 2.85. The molecule has 0 aliphatic carbocycles. The van der Waals surface area contributed by atoms with Gasteiger partial charge < -0.3 is 20.0 Å². The molecule has 7 nitrogen and oxygen atoms in total. The second kappa shape index (κ2) is 7.38. The Bertz CT molecular complexity index is 771. The van der Waals surface area contributed by atoms with Crippen LogP contribution in [0.4, 0.5) is 10.5 Å². The highest BCUT2D eigenvalue weighted by Gasteiger charge is 2.26. The summed E-state index contributed by atoms with van der Waals surface area (Å²) < 4.78 is 5.39. The third-order valence-corrected chi connectivity index (χ3v) is 4.17. The first-order chi connectivity index (χ1) is 12.0. The number of benzene rings is 1. The summed E-state index contributed by atoms with van der Waals surface area (Å²) in [5.41, 5.74) is 2.26. The molecule has 7 heteroatoms. The number of oxazole rings is 1. The van der Waals surface area contributed by atoms with Gasteiger partial charge in [0.25, 0.3) is 0 Å². The first kappa shape index (κ1) is 17.0. The van der Waals surface area contributed by atoms with E-state index in [9.17, 15) is 9.59 Å². The summed E-state index contributed by atoms with van der Waals surface area (Å²) in [5, 5.41) is 5.74. The molecule has 3 amide bonds. The largest absolute Gasteiger partial charge is 0.444 e. The van der Waals surface area contributed by atoms with Crippen molar-refractivity contribution in [1.29, 1.82) is 0 Å². The molecule has 3 rings (SSSR count). The molecule has 1 aromatic carbocycles. The molecule has 0 saturated carbocycles. The van der Waals surface area contributed by atoms with Gasteiger partial charge in [0.1, 0.15) is 6.26 Å². The minimum atomic E-state index is -0.281. The second-order valence-electron chi connectivity index (χ2n) is 6.15. The van der Waals surface area contributed by atoms with E-state index < -0.39 is 0 Å². The van der Waals surface area contributed by atoms with Gasteiger partial charge in [0.15, 0.2) is 0 Å². The van der Waals surface area contributed by atoms with E-state index in [1.165, 1.54) is 0 Å². The number of hydrogen-bond acceptors (Lipinski definition) is 4. The second-order valence-corrected chi connectivity index (χ2v) is 6.15. The maximum Gasteiger partial charge on any atom is 0.319 e. The van der Waals surface area contributed by atoms with E-state index in [-0.39, 0.29) is 18.0 Å². The van der Waals surface area contributed by atoms with Crippen LogP contribution in [0.15, 0.2) is 34.9 Å². The number of amides is 3. The Morgan fingerprint density at radius 1 is 1.40 bits per heavy atom. The molecule has 1 aromatic heterocycles. The molecule has 25 heavy (non-hydrogen) atoms. The van der Waals surface area contributed by atoms with Crippen LogP contribution in [0, 0.1) is 6.92 Å². The predicted molar refractivity (Wildman–Crippen MR) is 94.1 cm³/mol.